The number of para-hydroxylation sites is 2. The van der Waals surface area contributed by atoms with Gasteiger partial charge in [0.1, 0.15) is 5.60 Å². The zero-order valence-electron chi connectivity index (χ0n) is 13.3. The fourth-order valence-electron chi connectivity index (χ4n) is 4.21. The molecule has 0 radical (unpaired) electrons. The Morgan fingerprint density at radius 1 is 1.19 bits per heavy atom. The molecule has 21 heavy (non-hydrogen) atoms. The van der Waals surface area contributed by atoms with E-state index in [0.717, 1.165) is 6.42 Å². The quantitative estimate of drug-likeness (QED) is 0.617. The minimum Gasteiger partial charge on any atom is -0.482 e. The summed E-state index contributed by atoms with van der Waals surface area (Å²) in [5, 5.41) is 0. The molecular weight excluding hydrogens is 264 g/mol. The largest absolute Gasteiger partial charge is 0.482 e. The summed E-state index contributed by atoms with van der Waals surface area (Å²) in [6.07, 6.45) is 3.59. The number of rotatable bonds is 3. The first kappa shape index (κ1) is 14.4. The molecule has 2 aliphatic carbocycles. The summed E-state index contributed by atoms with van der Waals surface area (Å²) in [5.41, 5.74) is 0.0992. The molecule has 0 N–H and O–H groups in total. The van der Waals surface area contributed by atoms with Gasteiger partial charge in [0, 0.05) is 18.3 Å². The number of carbonyl (C=O) groups excluding carboxylic acids is 1. The van der Waals surface area contributed by atoms with E-state index in [-0.39, 0.29) is 17.0 Å². The molecule has 0 amide bonds. The van der Waals surface area contributed by atoms with E-state index in [4.69, 9.17) is 9.47 Å². The van der Waals surface area contributed by atoms with Gasteiger partial charge in [-0.1, -0.05) is 39.3 Å². The van der Waals surface area contributed by atoms with Crippen LogP contribution in [-0.4, -0.2) is 11.6 Å². The van der Waals surface area contributed by atoms with Crippen molar-refractivity contribution in [3.63, 3.8) is 0 Å². The summed E-state index contributed by atoms with van der Waals surface area (Å²) in [6, 6.07) is 7.49. The van der Waals surface area contributed by atoms with E-state index >= 15 is 0 Å². The maximum absolute atomic E-state index is 11.2. The maximum atomic E-state index is 11.2. The summed E-state index contributed by atoms with van der Waals surface area (Å²) in [5.74, 6) is 2.19. The second-order valence-electron chi connectivity index (χ2n) is 7.19. The standard InChI is InChI=1S/C18H24O3/c1-12-9-10-16-17(3,4)18(16,11-12)21-15-8-6-5-7-14(15)20-13(2)19/h5-8,12,16H,9-11H2,1-4H3. The molecule has 2 saturated carbocycles. The van der Waals surface area contributed by atoms with Crippen molar-refractivity contribution in [3.8, 4) is 11.5 Å². The van der Waals surface area contributed by atoms with Crippen LogP contribution in [0.25, 0.3) is 0 Å². The Balaban J connectivity index is 1.88. The minimum atomic E-state index is -0.313. The molecule has 1 aromatic rings. The molecule has 3 atom stereocenters. The van der Waals surface area contributed by atoms with Crippen LogP contribution in [0.2, 0.25) is 0 Å². The van der Waals surface area contributed by atoms with E-state index in [0.29, 0.717) is 23.3 Å². The normalized spacial score (nSPS) is 33.0. The minimum absolute atomic E-state index is 0.0963. The van der Waals surface area contributed by atoms with Gasteiger partial charge < -0.3 is 9.47 Å². The van der Waals surface area contributed by atoms with Crippen molar-refractivity contribution in [1.82, 2.24) is 0 Å². The van der Waals surface area contributed by atoms with Crippen LogP contribution in [0.4, 0.5) is 0 Å². The lowest BCUT2D eigenvalue weighted by molar-refractivity contribution is -0.132. The van der Waals surface area contributed by atoms with E-state index in [1.165, 1.54) is 19.8 Å². The van der Waals surface area contributed by atoms with Gasteiger partial charge in [-0.2, -0.15) is 0 Å². The van der Waals surface area contributed by atoms with Crippen LogP contribution in [0.3, 0.4) is 0 Å². The molecule has 0 bridgehead atoms. The molecule has 1 aromatic carbocycles. The third-order valence-electron chi connectivity index (χ3n) is 5.44. The molecule has 0 aliphatic heterocycles. The van der Waals surface area contributed by atoms with E-state index in [2.05, 4.69) is 20.8 Å². The average Bonchev–Trinajstić information content (AvgIpc) is 2.86. The van der Waals surface area contributed by atoms with Crippen LogP contribution in [0, 0.1) is 17.3 Å². The monoisotopic (exact) mass is 288 g/mol. The molecule has 0 saturated heterocycles. The Kier molecular flexibility index (Phi) is 3.27. The van der Waals surface area contributed by atoms with Gasteiger partial charge in [-0.25, -0.2) is 0 Å². The highest BCUT2D eigenvalue weighted by atomic mass is 16.6. The van der Waals surface area contributed by atoms with Gasteiger partial charge in [0.15, 0.2) is 11.5 Å². The maximum Gasteiger partial charge on any atom is 0.308 e. The Hall–Kier alpha value is -1.51. The van der Waals surface area contributed by atoms with Gasteiger partial charge in [-0.15, -0.1) is 0 Å². The summed E-state index contributed by atoms with van der Waals surface area (Å²) in [7, 11) is 0. The average molecular weight is 288 g/mol. The smallest absolute Gasteiger partial charge is 0.308 e. The molecule has 0 spiro atoms. The topological polar surface area (TPSA) is 35.5 Å². The van der Waals surface area contributed by atoms with Crippen molar-refractivity contribution in [3.05, 3.63) is 24.3 Å². The molecule has 3 nitrogen and oxygen atoms in total. The van der Waals surface area contributed by atoms with Crippen LogP contribution in [0.15, 0.2) is 24.3 Å². The Labute approximate surface area is 126 Å². The van der Waals surface area contributed by atoms with Gasteiger partial charge >= 0.3 is 5.97 Å². The van der Waals surface area contributed by atoms with Gasteiger partial charge in [0.05, 0.1) is 0 Å². The van der Waals surface area contributed by atoms with E-state index in [1.807, 2.05) is 18.2 Å². The molecule has 3 rings (SSSR count). The molecule has 3 unspecified atom stereocenters. The van der Waals surface area contributed by atoms with Gasteiger partial charge in [0.25, 0.3) is 0 Å². The molecule has 0 aromatic heterocycles. The van der Waals surface area contributed by atoms with Gasteiger partial charge in [-0.05, 0) is 30.9 Å². The number of hydrogen-bond acceptors (Lipinski definition) is 3. The fraction of sp³-hybridized carbons (Fsp3) is 0.611. The molecule has 2 fully saturated rings. The molecule has 3 heteroatoms. The Morgan fingerprint density at radius 3 is 2.52 bits per heavy atom. The summed E-state index contributed by atoms with van der Waals surface area (Å²) < 4.78 is 11.7. The zero-order valence-corrected chi connectivity index (χ0v) is 13.3. The van der Waals surface area contributed by atoms with Crippen molar-refractivity contribution >= 4 is 5.97 Å². The van der Waals surface area contributed by atoms with Crippen LogP contribution in [0.5, 0.6) is 11.5 Å². The fourth-order valence-corrected chi connectivity index (χ4v) is 4.21. The number of esters is 1. The lowest BCUT2D eigenvalue weighted by atomic mass is 9.88. The summed E-state index contributed by atoms with van der Waals surface area (Å²) in [4.78, 5) is 11.2. The van der Waals surface area contributed by atoms with Crippen molar-refractivity contribution in [2.75, 3.05) is 0 Å². The second kappa shape index (κ2) is 4.75. The number of carbonyl (C=O) groups is 1. The lowest BCUT2D eigenvalue weighted by Gasteiger charge is -2.29. The first-order valence-electron chi connectivity index (χ1n) is 7.83. The van der Waals surface area contributed by atoms with Crippen LogP contribution in [0.1, 0.15) is 47.0 Å². The number of hydrogen-bond donors (Lipinski definition) is 0. The van der Waals surface area contributed by atoms with Crippen molar-refractivity contribution in [2.45, 2.75) is 52.6 Å². The summed E-state index contributed by atoms with van der Waals surface area (Å²) >= 11 is 0. The Morgan fingerprint density at radius 2 is 1.86 bits per heavy atom. The van der Waals surface area contributed by atoms with Crippen LogP contribution in [-0.2, 0) is 4.79 Å². The first-order valence-corrected chi connectivity index (χ1v) is 7.83. The van der Waals surface area contributed by atoms with Crippen molar-refractivity contribution < 1.29 is 14.3 Å². The van der Waals surface area contributed by atoms with Crippen molar-refractivity contribution in [1.29, 1.82) is 0 Å². The number of fused-ring (bicyclic) bond motifs is 1. The molecular formula is C18H24O3. The molecule has 114 valence electrons. The van der Waals surface area contributed by atoms with E-state index in [9.17, 15) is 4.79 Å². The Bertz CT molecular complexity index is 563. The van der Waals surface area contributed by atoms with Crippen molar-refractivity contribution in [2.24, 2.45) is 17.3 Å². The zero-order chi connectivity index (χ0) is 15.3. The van der Waals surface area contributed by atoms with Crippen LogP contribution < -0.4 is 9.47 Å². The van der Waals surface area contributed by atoms with E-state index < -0.39 is 0 Å². The van der Waals surface area contributed by atoms with Gasteiger partial charge in [-0.3, -0.25) is 4.79 Å². The predicted octanol–water partition coefficient (Wildman–Crippen LogP) is 4.21. The molecule has 2 aliphatic rings. The lowest BCUT2D eigenvalue weighted by Crippen LogP contribution is -2.31. The third-order valence-corrected chi connectivity index (χ3v) is 5.44. The van der Waals surface area contributed by atoms with E-state index in [1.54, 1.807) is 6.07 Å². The van der Waals surface area contributed by atoms with Crippen LogP contribution >= 0.6 is 0 Å². The highest BCUT2D eigenvalue weighted by Gasteiger charge is 2.74. The third kappa shape index (κ3) is 2.23. The predicted molar refractivity (Wildman–Crippen MR) is 81.4 cm³/mol. The highest BCUT2D eigenvalue weighted by molar-refractivity contribution is 5.70. The van der Waals surface area contributed by atoms with Gasteiger partial charge in [0.2, 0.25) is 0 Å². The number of ether oxygens (including phenoxy) is 2. The SMILES string of the molecule is CC(=O)Oc1ccccc1OC12CC(C)CCC1C2(C)C. The highest BCUT2D eigenvalue weighted by Crippen LogP contribution is 2.70. The summed E-state index contributed by atoms with van der Waals surface area (Å²) in [6.45, 7) is 8.31. The number of benzene rings is 1. The second-order valence-corrected chi connectivity index (χ2v) is 7.19. The first-order chi connectivity index (χ1) is 9.87. The molecule has 0 heterocycles.